The Labute approximate surface area is 168 Å². The Morgan fingerprint density at radius 2 is 2.00 bits per heavy atom. The van der Waals surface area contributed by atoms with E-state index in [0.717, 1.165) is 22.4 Å². The number of nitrogen functional groups attached to an aromatic ring is 1. The molecule has 1 aliphatic heterocycles. The minimum Gasteiger partial charge on any atom is -0.483 e. The predicted molar refractivity (Wildman–Crippen MR) is 106 cm³/mol. The molecule has 1 amide bonds. The normalized spacial score (nSPS) is 12.5. The molecule has 2 heterocycles. The van der Waals surface area contributed by atoms with Crippen molar-refractivity contribution in [2.75, 3.05) is 12.3 Å². The number of halogens is 1. The van der Waals surface area contributed by atoms with Crippen molar-refractivity contribution in [1.82, 2.24) is 9.88 Å². The maximum atomic E-state index is 12.4. The van der Waals surface area contributed by atoms with E-state index >= 15 is 0 Å². The van der Waals surface area contributed by atoms with E-state index in [4.69, 9.17) is 27.2 Å². The van der Waals surface area contributed by atoms with Gasteiger partial charge in [-0.1, -0.05) is 37.6 Å². The van der Waals surface area contributed by atoms with Crippen LogP contribution >= 0.6 is 11.6 Å². The smallest absolute Gasteiger partial charge is 0.290 e. The topological polar surface area (TPSA) is 120 Å². The summed E-state index contributed by atoms with van der Waals surface area (Å²) in [6.07, 6.45) is 0.629. The molecule has 146 valence electrons. The Bertz CT molecular complexity index is 921. The van der Waals surface area contributed by atoms with Crippen molar-refractivity contribution in [3.05, 3.63) is 46.1 Å². The van der Waals surface area contributed by atoms with Crippen molar-refractivity contribution < 1.29 is 14.7 Å². The van der Waals surface area contributed by atoms with Gasteiger partial charge in [-0.15, -0.1) is 0 Å². The number of amides is 1. The van der Waals surface area contributed by atoms with Gasteiger partial charge >= 0.3 is 0 Å². The third-order valence-corrected chi connectivity index (χ3v) is 4.68. The number of benzene rings is 1. The summed E-state index contributed by atoms with van der Waals surface area (Å²) in [6, 6.07) is 9.45. The van der Waals surface area contributed by atoms with Crippen LogP contribution < -0.4 is 5.73 Å². The molecule has 7 nitrogen and oxygen atoms in total. The van der Waals surface area contributed by atoms with E-state index in [9.17, 15) is 10.1 Å². The van der Waals surface area contributed by atoms with Crippen molar-refractivity contribution in [2.45, 2.75) is 26.8 Å². The summed E-state index contributed by atoms with van der Waals surface area (Å²) in [6.45, 7) is 4.58. The van der Waals surface area contributed by atoms with E-state index in [1.54, 1.807) is 12.1 Å². The molecule has 28 heavy (non-hydrogen) atoms. The summed E-state index contributed by atoms with van der Waals surface area (Å²) in [5.74, 6) is 0.260. The van der Waals surface area contributed by atoms with Gasteiger partial charge < -0.3 is 15.7 Å². The van der Waals surface area contributed by atoms with Crippen LogP contribution in [0.3, 0.4) is 0 Å². The lowest BCUT2D eigenvalue weighted by Gasteiger charge is -2.31. The van der Waals surface area contributed by atoms with Crippen LogP contribution in [-0.2, 0) is 22.6 Å². The second-order valence-electron chi connectivity index (χ2n) is 6.56. The molecule has 0 saturated carbocycles. The lowest BCUT2D eigenvalue weighted by Crippen LogP contribution is -2.39. The van der Waals surface area contributed by atoms with Crippen LogP contribution in [0.25, 0.3) is 11.1 Å². The van der Waals surface area contributed by atoms with Crippen molar-refractivity contribution in [2.24, 2.45) is 5.92 Å². The highest BCUT2D eigenvalue weighted by Gasteiger charge is 2.28. The van der Waals surface area contributed by atoms with Gasteiger partial charge in [-0.25, -0.2) is 4.98 Å². The Kier molecular flexibility index (Phi) is 6.96. The molecular formula is C20H21ClN4O3. The maximum Gasteiger partial charge on any atom is 0.290 e. The monoisotopic (exact) mass is 400 g/mol. The Hall–Kier alpha value is -3.11. The summed E-state index contributed by atoms with van der Waals surface area (Å²) < 4.78 is 0. The molecule has 0 fully saturated rings. The van der Waals surface area contributed by atoms with Gasteiger partial charge in [0.15, 0.2) is 0 Å². The number of carbonyl (C=O) groups is 2. The van der Waals surface area contributed by atoms with Gasteiger partial charge in [0.2, 0.25) is 5.91 Å². The fraction of sp³-hybridized carbons (Fsp3) is 0.300. The summed E-state index contributed by atoms with van der Waals surface area (Å²) in [4.78, 5) is 27.0. The van der Waals surface area contributed by atoms with Crippen LogP contribution in [0.15, 0.2) is 24.3 Å². The average molecular weight is 401 g/mol. The highest BCUT2D eigenvalue weighted by atomic mass is 35.5. The Morgan fingerprint density at radius 3 is 2.54 bits per heavy atom. The third kappa shape index (κ3) is 4.41. The van der Waals surface area contributed by atoms with Gasteiger partial charge in [-0.05, 0) is 17.7 Å². The fourth-order valence-corrected chi connectivity index (χ4v) is 3.31. The first-order chi connectivity index (χ1) is 13.3. The molecule has 3 rings (SSSR count). The number of nitrogens with zero attached hydrogens (tertiary/aromatic N) is 3. The second kappa shape index (κ2) is 9.20. The van der Waals surface area contributed by atoms with Gasteiger partial charge in [0.05, 0.1) is 5.69 Å². The van der Waals surface area contributed by atoms with Crippen molar-refractivity contribution in [3.8, 4) is 17.2 Å². The van der Waals surface area contributed by atoms with Crippen LogP contribution in [-0.4, -0.2) is 33.9 Å². The van der Waals surface area contributed by atoms with Crippen LogP contribution in [0.1, 0.15) is 30.7 Å². The first-order valence-corrected chi connectivity index (χ1v) is 9.05. The minimum absolute atomic E-state index is 0.0716. The Morgan fingerprint density at radius 1 is 1.39 bits per heavy atom. The van der Waals surface area contributed by atoms with Crippen LogP contribution in [0, 0.1) is 17.2 Å². The number of pyridine rings is 1. The van der Waals surface area contributed by atoms with Crippen LogP contribution in [0.4, 0.5) is 5.82 Å². The van der Waals surface area contributed by atoms with Crippen molar-refractivity contribution in [3.63, 3.8) is 0 Å². The first-order valence-electron chi connectivity index (χ1n) is 8.67. The number of anilines is 1. The van der Waals surface area contributed by atoms with E-state index < -0.39 is 0 Å². The lowest BCUT2D eigenvalue weighted by molar-refractivity contribution is -0.135. The highest BCUT2D eigenvalue weighted by Crippen LogP contribution is 2.35. The number of nitriles is 1. The number of hydrogen-bond donors (Lipinski definition) is 2. The number of nitrogens with two attached hydrogens (primary N) is 1. The average Bonchev–Trinajstić information content (AvgIpc) is 2.67. The number of carboxylic acid groups (broad SMARTS) is 1. The van der Waals surface area contributed by atoms with Crippen molar-refractivity contribution >= 4 is 29.8 Å². The predicted octanol–water partition coefficient (Wildman–Crippen LogP) is 3.10. The summed E-state index contributed by atoms with van der Waals surface area (Å²) in [7, 11) is 0. The SMILES string of the molecule is CC(C)C(=O)N1CCc2nc(N)c(C#N)c(-c3ccc(Cl)cc3)c2C1.O=CO. The largest absolute Gasteiger partial charge is 0.483 e. The molecule has 1 aromatic carbocycles. The van der Waals surface area contributed by atoms with Gasteiger partial charge in [0.25, 0.3) is 6.47 Å². The summed E-state index contributed by atoms with van der Waals surface area (Å²) in [5.41, 5.74) is 9.73. The van der Waals surface area contributed by atoms with Crippen molar-refractivity contribution in [1.29, 1.82) is 5.26 Å². The molecule has 0 atom stereocenters. The number of rotatable bonds is 2. The quantitative estimate of drug-likeness (QED) is 0.747. The standard InChI is InChI=1S/C19H19ClN4O.CH2O2/c1-11(2)19(25)24-8-7-16-15(10-24)17(14(9-21)18(22)23-16)12-3-5-13(20)6-4-12;2-1-3/h3-6,11H,7-8,10H2,1-2H3,(H2,22,23);1H,(H,2,3). The second-order valence-corrected chi connectivity index (χ2v) is 7.00. The minimum atomic E-state index is -0.250. The lowest BCUT2D eigenvalue weighted by atomic mass is 9.91. The van der Waals surface area contributed by atoms with E-state index in [1.807, 2.05) is 30.9 Å². The molecule has 8 heteroatoms. The number of fused-ring (bicyclic) bond motifs is 1. The van der Waals surface area contributed by atoms with Gasteiger partial charge in [0, 0.05) is 41.6 Å². The van der Waals surface area contributed by atoms with Gasteiger partial charge in [-0.3, -0.25) is 9.59 Å². The summed E-state index contributed by atoms with van der Waals surface area (Å²) in [5, 5.41) is 17.1. The fourth-order valence-electron chi connectivity index (χ4n) is 3.18. The molecule has 0 saturated heterocycles. The molecule has 3 N–H and O–H groups in total. The first kappa shape index (κ1) is 21.2. The zero-order chi connectivity index (χ0) is 20.8. The van der Waals surface area contributed by atoms with E-state index in [0.29, 0.717) is 30.1 Å². The molecule has 0 unspecified atom stereocenters. The molecule has 0 spiro atoms. The molecule has 2 aromatic rings. The van der Waals surface area contributed by atoms with Gasteiger partial charge in [0.1, 0.15) is 17.5 Å². The van der Waals surface area contributed by atoms with Crippen LogP contribution in [0.5, 0.6) is 0 Å². The molecule has 1 aliphatic rings. The Balaban J connectivity index is 0.000000878. The zero-order valence-corrected chi connectivity index (χ0v) is 16.4. The number of hydrogen-bond acceptors (Lipinski definition) is 5. The zero-order valence-electron chi connectivity index (χ0n) is 15.6. The molecule has 0 aliphatic carbocycles. The highest BCUT2D eigenvalue weighted by molar-refractivity contribution is 6.30. The van der Waals surface area contributed by atoms with Crippen LogP contribution in [0.2, 0.25) is 5.02 Å². The molecule has 0 bridgehead atoms. The van der Waals surface area contributed by atoms with E-state index in [-0.39, 0.29) is 24.1 Å². The molecular weight excluding hydrogens is 380 g/mol. The molecule has 1 aromatic heterocycles. The maximum absolute atomic E-state index is 12.4. The van der Waals surface area contributed by atoms with Gasteiger partial charge in [-0.2, -0.15) is 5.26 Å². The molecule has 0 radical (unpaired) electrons. The third-order valence-electron chi connectivity index (χ3n) is 4.43. The van der Waals surface area contributed by atoms with E-state index in [1.165, 1.54) is 0 Å². The number of aromatic nitrogens is 1. The number of carbonyl (C=O) groups excluding carboxylic acids is 1. The summed E-state index contributed by atoms with van der Waals surface area (Å²) >= 11 is 5.99. The van der Waals surface area contributed by atoms with E-state index in [2.05, 4.69) is 11.1 Å².